The molecule has 1 aliphatic heterocycles. The normalized spacial score (nSPS) is 16.2. The van der Waals surface area contributed by atoms with Crippen molar-refractivity contribution in [2.75, 3.05) is 26.2 Å². The Bertz CT molecular complexity index is 496. The Kier molecular flexibility index (Phi) is 8.43. The first-order valence-corrected chi connectivity index (χ1v) is 6.14. The van der Waals surface area contributed by atoms with Gasteiger partial charge in [-0.05, 0) is 6.07 Å². The van der Waals surface area contributed by atoms with E-state index in [2.05, 4.69) is 16.8 Å². The summed E-state index contributed by atoms with van der Waals surface area (Å²) in [4.78, 5) is 12.3. The number of benzene rings is 1. The van der Waals surface area contributed by atoms with Crippen molar-refractivity contribution in [3.63, 3.8) is 0 Å². The minimum atomic E-state index is -0.513. The molecular weight excluding hydrogens is 320 g/mol. The third kappa shape index (κ3) is 4.64. The van der Waals surface area contributed by atoms with Gasteiger partial charge in [0.25, 0.3) is 5.69 Å². The number of rotatable bonds is 4. The van der Waals surface area contributed by atoms with Crippen LogP contribution in [0, 0.1) is 15.9 Å². The molecule has 8 heteroatoms. The van der Waals surface area contributed by atoms with E-state index in [1.165, 1.54) is 12.1 Å². The minimum absolute atomic E-state index is 0. The van der Waals surface area contributed by atoms with Crippen LogP contribution in [0.4, 0.5) is 10.1 Å². The summed E-state index contributed by atoms with van der Waals surface area (Å²) in [5.74, 6) is -0.436. The van der Waals surface area contributed by atoms with E-state index in [4.69, 9.17) is 0 Å². The van der Waals surface area contributed by atoms with Crippen LogP contribution in [0.3, 0.4) is 0 Å². The Morgan fingerprint density at radius 2 is 2.00 bits per heavy atom. The smallest absolute Gasteiger partial charge is 0.269 e. The molecule has 1 aliphatic rings. The molecule has 1 saturated heterocycles. The van der Waals surface area contributed by atoms with Crippen molar-refractivity contribution >= 4 is 30.5 Å². The predicted molar refractivity (Wildman–Crippen MR) is 84.9 cm³/mol. The summed E-state index contributed by atoms with van der Waals surface area (Å²) >= 11 is 0. The van der Waals surface area contributed by atoms with Crippen LogP contribution in [0.5, 0.6) is 0 Å². The van der Waals surface area contributed by atoms with Gasteiger partial charge in [0.15, 0.2) is 0 Å². The largest absolute Gasteiger partial charge is 0.314 e. The first kappa shape index (κ1) is 19.8. The van der Waals surface area contributed by atoms with Gasteiger partial charge in [0.05, 0.1) is 11.0 Å². The first-order chi connectivity index (χ1) is 9.13. The molecule has 0 radical (unpaired) electrons. The van der Waals surface area contributed by atoms with Crippen LogP contribution < -0.4 is 5.32 Å². The SMILES string of the molecule is C=C[C@H](c1cc([N+](=O)[O-])ccc1F)N1CCNCC1.Cl.Cl. The van der Waals surface area contributed by atoms with E-state index >= 15 is 0 Å². The van der Waals surface area contributed by atoms with E-state index in [0.29, 0.717) is 5.56 Å². The van der Waals surface area contributed by atoms with E-state index in [9.17, 15) is 14.5 Å². The zero-order valence-corrected chi connectivity index (χ0v) is 13.0. The van der Waals surface area contributed by atoms with Gasteiger partial charge in [-0.2, -0.15) is 0 Å². The minimum Gasteiger partial charge on any atom is -0.314 e. The molecule has 0 spiro atoms. The number of nitro groups is 1. The van der Waals surface area contributed by atoms with Crippen molar-refractivity contribution in [2.24, 2.45) is 0 Å². The zero-order valence-electron chi connectivity index (χ0n) is 11.3. The molecular formula is C13H18Cl2FN3O2. The lowest BCUT2D eigenvalue weighted by atomic mass is 10.0. The fourth-order valence-electron chi connectivity index (χ4n) is 2.30. The highest BCUT2D eigenvalue weighted by atomic mass is 35.5. The van der Waals surface area contributed by atoms with E-state index in [0.717, 1.165) is 32.2 Å². The molecule has 21 heavy (non-hydrogen) atoms. The highest BCUT2D eigenvalue weighted by molar-refractivity contribution is 5.85. The maximum atomic E-state index is 13.9. The van der Waals surface area contributed by atoms with Gasteiger partial charge in [0.1, 0.15) is 5.82 Å². The molecule has 0 saturated carbocycles. The monoisotopic (exact) mass is 337 g/mol. The quantitative estimate of drug-likeness (QED) is 0.521. The molecule has 0 aromatic heterocycles. The highest BCUT2D eigenvalue weighted by Crippen LogP contribution is 2.28. The Morgan fingerprint density at radius 3 is 2.52 bits per heavy atom. The number of nitrogens with zero attached hydrogens (tertiary/aromatic N) is 2. The van der Waals surface area contributed by atoms with Crippen LogP contribution in [0.2, 0.25) is 0 Å². The molecule has 0 amide bonds. The fourth-order valence-corrected chi connectivity index (χ4v) is 2.30. The second kappa shape index (κ2) is 8.94. The van der Waals surface area contributed by atoms with Crippen LogP contribution >= 0.6 is 24.8 Å². The van der Waals surface area contributed by atoms with Crippen molar-refractivity contribution in [3.05, 3.63) is 52.3 Å². The maximum Gasteiger partial charge on any atom is 0.269 e. The summed E-state index contributed by atoms with van der Waals surface area (Å²) in [6.45, 7) is 6.90. The van der Waals surface area contributed by atoms with Gasteiger partial charge >= 0.3 is 0 Å². The molecule has 1 aromatic rings. The molecule has 1 heterocycles. The topological polar surface area (TPSA) is 58.4 Å². The molecule has 0 bridgehead atoms. The zero-order chi connectivity index (χ0) is 13.8. The Morgan fingerprint density at radius 1 is 1.38 bits per heavy atom. The van der Waals surface area contributed by atoms with Crippen molar-refractivity contribution in [2.45, 2.75) is 6.04 Å². The third-order valence-electron chi connectivity index (χ3n) is 3.28. The number of nitrogens with one attached hydrogen (secondary N) is 1. The van der Waals surface area contributed by atoms with E-state index in [-0.39, 0.29) is 36.5 Å². The van der Waals surface area contributed by atoms with Gasteiger partial charge < -0.3 is 5.32 Å². The Labute approximate surface area is 135 Å². The van der Waals surface area contributed by atoms with Gasteiger partial charge in [0.2, 0.25) is 0 Å². The summed E-state index contributed by atoms with van der Waals surface area (Å²) in [5, 5.41) is 14.0. The number of hydrogen-bond acceptors (Lipinski definition) is 4. The lowest BCUT2D eigenvalue weighted by Crippen LogP contribution is -2.44. The van der Waals surface area contributed by atoms with Crippen LogP contribution in [-0.2, 0) is 0 Å². The summed E-state index contributed by atoms with van der Waals surface area (Å²) in [6, 6.07) is 3.29. The summed E-state index contributed by atoms with van der Waals surface area (Å²) < 4.78 is 13.9. The first-order valence-electron chi connectivity index (χ1n) is 6.14. The molecule has 2 rings (SSSR count). The van der Waals surface area contributed by atoms with Crippen LogP contribution in [0.1, 0.15) is 11.6 Å². The average Bonchev–Trinajstić information content (AvgIpc) is 2.42. The van der Waals surface area contributed by atoms with Crippen molar-refractivity contribution < 1.29 is 9.31 Å². The molecule has 0 unspecified atom stereocenters. The van der Waals surface area contributed by atoms with Crippen molar-refractivity contribution in [3.8, 4) is 0 Å². The molecule has 1 fully saturated rings. The van der Waals surface area contributed by atoms with E-state index < -0.39 is 10.7 Å². The van der Waals surface area contributed by atoms with Crippen LogP contribution in [0.25, 0.3) is 0 Å². The van der Waals surface area contributed by atoms with Crippen LogP contribution in [-0.4, -0.2) is 36.0 Å². The molecule has 0 aliphatic carbocycles. The number of nitro benzene ring substituents is 1. The number of halogens is 3. The highest BCUT2D eigenvalue weighted by Gasteiger charge is 2.23. The molecule has 1 atom stereocenters. The van der Waals surface area contributed by atoms with Crippen molar-refractivity contribution in [1.82, 2.24) is 10.2 Å². The number of piperazine rings is 1. The maximum absolute atomic E-state index is 13.9. The molecule has 118 valence electrons. The second-order valence-electron chi connectivity index (χ2n) is 4.43. The second-order valence-corrected chi connectivity index (χ2v) is 4.43. The fraction of sp³-hybridized carbons (Fsp3) is 0.385. The lowest BCUT2D eigenvalue weighted by molar-refractivity contribution is -0.385. The lowest BCUT2D eigenvalue weighted by Gasteiger charge is -2.33. The standard InChI is InChI=1S/C13H16FN3O2.2ClH/c1-2-13(16-7-5-15-6-8-16)11-9-10(17(18)19)3-4-12(11)14;;/h2-4,9,13,15H,1,5-8H2;2*1H/t13-;;/m1../s1. The molecule has 1 aromatic carbocycles. The van der Waals surface area contributed by atoms with Crippen LogP contribution in [0.15, 0.2) is 30.9 Å². The van der Waals surface area contributed by atoms with Gasteiger partial charge in [-0.1, -0.05) is 6.08 Å². The molecule has 5 nitrogen and oxygen atoms in total. The van der Waals surface area contributed by atoms with Gasteiger partial charge in [-0.25, -0.2) is 4.39 Å². The summed E-state index contributed by atoms with van der Waals surface area (Å²) in [5.41, 5.74) is 0.212. The number of non-ortho nitro benzene ring substituents is 1. The number of hydrogen-bond donors (Lipinski definition) is 1. The van der Waals surface area contributed by atoms with Crippen molar-refractivity contribution in [1.29, 1.82) is 0 Å². The van der Waals surface area contributed by atoms with E-state index in [1.807, 2.05) is 0 Å². The van der Waals surface area contributed by atoms with Gasteiger partial charge in [-0.3, -0.25) is 15.0 Å². The Balaban J connectivity index is 0.00000200. The summed E-state index contributed by atoms with van der Waals surface area (Å²) in [7, 11) is 0. The van der Waals surface area contributed by atoms with E-state index in [1.54, 1.807) is 6.08 Å². The predicted octanol–water partition coefficient (Wildman–Crippen LogP) is 2.71. The van der Waals surface area contributed by atoms with Gasteiger partial charge in [-0.15, -0.1) is 31.4 Å². The molecule has 1 N–H and O–H groups in total. The summed E-state index contributed by atoms with van der Waals surface area (Å²) in [6.07, 6.45) is 1.63. The van der Waals surface area contributed by atoms with Gasteiger partial charge in [0, 0.05) is 43.9 Å². The third-order valence-corrected chi connectivity index (χ3v) is 3.28. The average molecular weight is 338 g/mol. The Hall–Kier alpha value is -1.21.